The molecular weight excluding hydrogens is 294 g/mol. The molecule has 0 spiro atoms. The summed E-state index contributed by atoms with van der Waals surface area (Å²) in [4.78, 5) is 12.7. The van der Waals surface area contributed by atoms with Crippen LogP contribution in [0.2, 0.25) is 0 Å². The highest BCUT2D eigenvalue weighted by Gasteiger charge is 2.17. The Labute approximate surface area is 134 Å². The van der Waals surface area contributed by atoms with Gasteiger partial charge in [0.2, 0.25) is 0 Å². The fourth-order valence-corrected chi connectivity index (χ4v) is 3.17. The van der Waals surface area contributed by atoms with Gasteiger partial charge in [0.1, 0.15) is 5.82 Å². The summed E-state index contributed by atoms with van der Waals surface area (Å²) in [6.07, 6.45) is 0. The Hall–Kier alpha value is -1.98. The standard InChI is InChI=1S/C17H19N3OS/c1-12(2)20(9-10-21)17-13-6-3-4-7-14(13)18-16(19-17)15-8-5-11-22-15/h3-8,11-12,21H,9-10H2,1-2H3. The molecule has 0 unspecified atom stereocenters. The molecule has 3 rings (SSSR count). The first kappa shape index (κ1) is 14.9. The van der Waals surface area contributed by atoms with Crippen molar-refractivity contribution < 1.29 is 5.11 Å². The molecule has 0 aliphatic carbocycles. The summed E-state index contributed by atoms with van der Waals surface area (Å²) in [6, 6.07) is 12.3. The maximum Gasteiger partial charge on any atom is 0.172 e. The lowest BCUT2D eigenvalue weighted by molar-refractivity contribution is 0.299. The highest BCUT2D eigenvalue weighted by molar-refractivity contribution is 7.13. The fourth-order valence-electron chi connectivity index (χ4n) is 2.51. The minimum Gasteiger partial charge on any atom is -0.395 e. The second-order valence-corrected chi connectivity index (χ2v) is 6.32. The van der Waals surface area contributed by atoms with E-state index in [2.05, 4.69) is 18.7 Å². The summed E-state index contributed by atoms with van der Waals surface area (Å²) in [5.74, 6) is 1.63. The van der Waals surface area contributed by atoms with Gasteiger partial charge in [0.25, 0.3) is 0 Å². The third kappa shape index (κ3) is 2.82. The van der Waals surface area contributed by atoms with E-state index in [0.717, 1.165) is 27.4 Å². The lowest BCUT2D eigenvalue weighted by Crippen LogP contribution is -2.34. The maximum atomic E-state index is 9.39. The molecule has 0 fully saturated rings. The number of nitrogens with zero attached hydrogens (tertiary/aromatic N) is 3. The van der Waals surface area contributed by atoms with Gasteiger partial charge in [-0.15, -0.1) is 11.3 Å². The molecule has 22 heavy (non-hydrogen) atoms. The van der Waals surface area contributed by atoms with Crippen molar-refractivity contribution in [3.8, 4) is 10.7 Å². The predicted octanol–water partition coefficient (Wildman–Crippen LogP) is 3.57. The Bertz CT molecular complexity index is 756. The smallest absolute Gasteiger partial charge is 0.172 e. The molecule has 0 aliphatic heterocycles. The molecule has 3 aromatic rings. The second kappa shape index (κ2) is 6.42. The summed E-state index contributed by atoms with van der Waals surface area (Å²) in [5, 5.41) is 12.4. The summed E-state index contributed by atoms with van der Waals surface area (Å²) in [5.41, 5.74) is 0.930. The van der Waals surface area contributed by atoms with Crippen LogP contribution in [0.5, 0.6) is 0 Å². The van der Waals surface area contributed by atoms with Crippen molar-refractivity contribution in [2.24, 2.45) is 0 Å². The molecule has 1 N–H and O–H groups in total. The van der Waals surface area contributed by atoms with Gasteiger partial charge in [-0.3, -0.25) is 0 Å². The van der Waals surface area contributed by atoms with Gasteiger partial charge in [-0.2, -0.15) is 0 Å². The first-order chi connectivity index (χ1) is 10.7. The number of fused-ring (bicyclic) bond motifs is 1. The van der Waals surface area contributed by atoms with E-state index in [1.807, 2.05) is 41.8 Å². The van der Waals surface area contributed by atoms with Crippen LogP contribution in [0.15, 0.2) is 41.8 Å². The summed E-state index contributed by atoms with van der Waals surface area (Å²) in [7, 11) is 0. The molecule has 0 bridgehead atoms. The molecule has 5 heteroatoms. The van der Waals surface area contributed by atoms with Gasteiger partial charge in [0.15, 0.2) is 5.82 Å². The molecule has 0 saturated carbocycles. The summed E-state index contributed by atoms with van der Waals surface area (Å²) in [6.45, 7) is 4.88. The van der Waals surface area contributed by atoms with Crippen molar-refractivity contribution in [1.82, 2.24) is 9.97 Å². The Morgan fingerprint density at radius 2 is 1.95 bits per heavy atom. The largest absolute Gasteiger partial charge is 0.395 e. The van der Waals surface area contributed by atoms with E-state index < -0.39 is 0 Å². The van der Waals surface area contributed by atoms with Gasteiger partial charge >= 0.3 is 0 Å². The number of rotatable bonds is 5. The number of aromatic nitrogens is 2. The number of aliphatic hydroxyl groups is 1. The van der Waals surface area contributed by atoms with Crippen molar-refractivity contribution >= 4 is 28.1 Å². The highest BCUT2D eigenvalue weighted by atomic mass is 32.1. The van der Waals surface area contributed by atoms with Gasteiger partial charge in [0.05, 0.1) is 17.0 Å². The molecule has 0 amide bonds. The molecule has 4 nitrogen and oxygen atoms in total. The van der Waals surface area contributed by atoms with Gasteiger partial charge in [-0.25, -0.2) is 9.97 Å². The fraction of sp³-hybridized carbons (Fsp3) is 0.294. The molecule has 2 aromatic heterocycles. The quantitative estimate of drug-likeness (QED) is 0.782. The molecule has 1 aromatic carbocycles. The van der Waals surface area contributed by atoms with Gasteiger partial charge in [0, 0.05) is 18.0 Å². The average molecular weight is 313 g/mol. The van der Waals surface area contributed by atoms with Crippen LogP contribution in [0.3, 0.4) is 0 Å². The van der Waals surface area contributed by atoms with Crippen LogP contribution in [-0.2, 0) is 0 Å². The number of thiophene rings is 1. The zero-order valence-corrected chi connectivity index (χ0v) is 13.5. The summed E-state index contributed by atoms with van der Waals surface area (Å²) < 4.78 is 0. The van der Waals surface area contributed by atoms with Crippen LogP contribution in [-0.4, -0.2) is 34.3 Å². The van der Waals surface area contributed by atoms with Gasteiger partial charge in [-0.05, 0) is 37.4 Å². The zero-order chi connectivity index (χ0) is 15.5. The lowest BCUT2D eigenvalue weighted by atomic mass is 10.2. The van der Waals surface area contributed by atoms with Crippen molar-refractivity contribution in [2.75, 3.05) is 18.1 Å². The van der Waals surface area contributed by atoms with Gasteiger partial charge in [-0.1, -0.05) is 18.2 Å². The number of anilines is 1. The number of para-hydroxylation sites is 1. The van der Waals surface area contributed by atoms with E-state index in [9.17, 15) is 5.11 Å². The molecule has 0 atom stereocenters. The number of hydrogen-bond acceptors (Lipinski definition) is 5. The molecule has 0 radical (unpaired) electrons. The first-order valence-electron chi connectivity index (χ1n) is 7.39. The molecular formula is C17H19N3OS. The van der Waals surface area contributed by atoms with E-state index in [1.165, 1.54) is 0 Å². The normalized spacial score (nSPS) is 11.3. The molecule has 114 valence electrons. The number of benzene rings is 1. The van der Waals surface area contributed by atoms with Gasteiger partial charge < -0.3 is 10.0 Å². The van der Waals surface area contributed by atoms with E-state index in [0.29, 0.717) is 6.54 Å². The topological polar surface area (TPSA) is 49.2 Å². The van der Waals surface area contributed by atoms with Crippen LogP contribution >= 0.6 is 11.3 Å². The van der Waals surface area contributed by atoms with Crippen molar-refractivity contribution in [1.29, 1.82) is 0 Å². The van der Waals surface area contributed by atoms with Crippen LogP contribution < -0.4 is 4.90 Å². The van der Waals surface area contributed by atoms with Crippen LogP contribution in [0.4, 0.5) is 5.82 Å². The number of hydrogen-bond donors (Lipinski definition) is 1. The maximum absolute atomic E-state index is 9.39. The Balaban J connectivity index is 2.22. The van der Waals surface area contributed by atoms with E-state index in [-0.39, 0.29) is 12.6 Å². The minimum atomic E-state index is 0.102. The van der Waals surface area contributed by atoms with Crippen molar-refractivity contribution in [3.05, 3.63) is 41.8 Å². The first-order valence-corrected chi connectivity index (χ1v) is 8.27. The summed E-state index contributed by atoms with van der Waals surface area (Å²) >= 11 is 1.63. The third-order valence-corrected chi connectivity index (χ3v) is 4.43. The zero-order valence-electron chi connectivity index (χ0n) is 12.7. The average Bonchev–Trinajstić information content (AvgIpc) is 3.06. The lowest BCUT2D eigenvalue weighted by Gasteiger charge is -2.28. The SMILES string of the molecule is CC(C)N(CCO)c1nc(-c2cccs2)nc2ccccc12. The Morgan fingerprint density at radius 1 is 1.14 bits per heavy atom. The van der Waals surface area contributed by atoms with Crippen LogP contribution in [0.25, 0.3) is 21.6 Å². The minimum absolute atomic E-state index is 0.102. The molecule has 0 saturated heterocycles. The molecule has 0 aliphatic rings. The Kier molecular flexibility index (Phi) is 4.36. The number of aliphatic hydroxyl groups excluding tert-OH is 1. The van der Waals surface area contributed by atoms with Crippen LogP contribution in [0.1, 0.15) is 13.8 Å². The third-order valence-electron chi connectivity index (χ3n) is 3.56. The van der Waals surface area contributed by atoms with E-state index >= 15 is 0 Å². The highest BCUT2D eigenvalue weighted by Crippen LogP contribution is 2.30. The monoisotopic (exact) mass is 313 g/mol. The molecule has 2 heterocycles. The van der Waals surface area contributed by atoms with E-state index in [1.54, 1.807) is 11.3 Å². The van der Waals surface area contributed by atoms with Crippen molar-refractivity contribution in [2.45, 2.75) is 19.9 Å². The van der Waals surface area contributed by atoms with Crippen LogP contribution in [0, 0.1) is 0 Å². The van der Waals surface area contributed by atoms with E-state index in [4.69, 9.17) is 9.97 Å². The predicted molar refractivity (Wildman–Crippen MR) is 92.4 cm³/mol. The Morgan fingerprint density at radius 3 is 2.64 bits per heavy atom. The second-order valence-electron chi connectivity index (χ2n) is 5.38. The van der Waals surface area contributed by atoms with Crippen molar-refractivity contribution in [3.63, 3.8) is 0 Å².